The van der Waals surface area contributed by atoms with Crippen LogP contribution in [0.1, 0.15) is 49.7 Å². The number of hydrogen-bond acceptors (Lipinski definition) is 3. The van der Waals surface area contributed by atoms with Crippen molar-refractivity contribution in [2.75, 3.05) is 18.4 Å². The molecular weight excluding hydrogens is 402 g/mol. The molecule has 1 aliphatic rings. The first-order valence-corrected chi connectivity index (χ1v) is 11.5. The Morgan fingerprint density at radius 3 is 2.41 bits per heavy atom. The Balaban J connectivity index is 1.52. The van der Waals surface area contributed by atoms with Gasteiger partial charge in [0.05, 0.1) is 13.1 Å². The summed E-state index contributed by atoms with van der Waals surface area (Å²) < 4.78 is 0. The molecule has 0 atom stereocenters. The summed E-state index contributed by atoms with van der Waals surface area (Å²) in [6.45, 7) is 1.82. The minimum atomic E-state index is -0.303. The molecule has 1 fully saturated rings. The number of nitrogens with zero attached hydrogens (tertiary/aromatic N) is 1. The Kier molecular flexibility index (Phi) is 8.84. The molecule has 32 heavy (non-hydrogen) atoms. The fraction of sp³-hybridized carbons (Fsp3) is 0.423. The fourth-order valence-electron chi connectivity index (χ4n) is 4.17. The van der Waals surface area contributed by atoms with Gasteiger partial charge in [0.15, 0.2) is 0 Å². The van der Waals surface area contributed by atoms with Crippen LogP contribution in [0.3, 0.4) is 0 Å². The molecule has 3 rings (SSSR count). The summed E-state index contributed by atoms with van der Waals surface area (Å²) in [7, 11) is 0. The van der Waals surface area contributed by atoms with E-state index in [-0.39, 0.29) is 36.9 Å². The standard InChI is InChI=1S/C26H33N3O3/c1-20-9-8-12-22(17-20)28-24(30)18-27-25(31)19-29(23-13-6-3-7-14-23)26(32)16-15-21-10-4-2-5-11-21/h2,4-5,8-12,17,23H,3,6-7,13-16,18-19H2,1H3,(H,27,31)(H,28,30). The quantitative estimate of drug-likeness (QED) is 0.628. The first-order valence-electron chi connectivity index (χ1n) is 11.5. The summed E-state index contributed by atoms with van der Waals surface area (Å²) in [4.78, 5) is 39.6. The van der Waals surface area contributed by atoms with E-state index in [4.69, 9.17) is 0 Å². The van der Waals surface area contributed by atoms with Gasteiger partial charge in [-0.2, -0.15) is 0 Å². The van der Waals surface area contributed by atoms with E-state index < -0.39 is 0 Å². The third kappa shape index (κ3) is 7.52. The maximum Gasteiger partial charge on any atom is 0.243 e. The second-order valence-corrected chi connectivity index (χ2v) is 8.49. The first-order chi connectivity index (χ1) is 15.5. The molecule has 1 saturated carbocycles. The van der Waals surface area contributed by atoms with Crippen LogP contribution in [0, 0.1) is 6.92 Å². The largest absolute Gasteiger partial charge is 0.345 e. The molecule has 2 N–H and O–H groups in total. The fourth-order valence-corrected chi connectivity index (χ4v) is 4.17. The van der Waals surface area contributed by atoms with E-state index in [0.717, 1.165) is 36.8 Å². The SMILES string of the molecule is Cc1cccc(NC(=O)CNC(=O)CN(C(=O)CCc2ccccc2)C2CCCCC2)c1. The molecule has 6 heteroatoms. The smallest absolute Gasteiger partial charge is 0.243 e. The monoisotopic (exact) mass is 435 g/mol. The van der Waals surface area contributed by atoms with Crippen LogP contribution in [-0.2, 0) is 20.8 Å². The highest BCUT2D eigenvalue weighted by Gasteiger charge is 2.27. The predicted octanol–water partition coefficient (Wildman–Crippen LogP) is 3.84. The van der Waals surface area contributed by atoms with Crippen molar-refractivity contribution in [2.45, 2.75) is 57.9 Å². The van der Waals surface area contributed by atoms with Gasteiger partial charge in [-0.15, -0.1) is 0 Å². The molecule has 0 radical (unpaired) electrons. The first kappa shape index (κ1) is 23.5. The van der Waals surface area contributed by atoms with Crippen LogP contribution in [0.5, 0.6) is 0 Å². The normalized spacial score (nSPS) is 13.9. The highest BCUT2D eigenvalue weighted by molar-refractivity contribution is 5.95. The molecule has 3 amide bonds. The zero-order valence-electron chi connectivity index (χ0n) is 18.8. The number of benzene rings is 2. The Morgan fingerprint density at radius 1 is 0.938 bits per heavy atom. The summed E-state index contributed by atoms with van der Waals surface area (Å²) in [6, 6.07) is 17.5. The lowest BCUT2D eigenvalue weighted by atomic mass is 9.93. The number of rotatable bonds is 9. The Morgan fingerprint density at radius 2 is 1.69 bits per heavy atom. The van der Waals surface area contributed by atoms with Crippen molar-refractivity contribution in [3.8, 4) is 0 Å². The molecule has 6 nitrogen and oxygen atoms in total. The van der Waals surface area contributed by atoms with Crippen LogP contribution >= 0.6 is 0 Å². The van der Waals surface area contributed by atoms with Crippen LogP contribution in [-0.4, -0.2) is 41.8 Å². The van der Waals surface area contributed by atoms with Gasteiger partial charge < -0.3 is 15.5 Å². The summed E-state index contributed by atoms with van der Waals surface area (Å²) in [5.74, 6) is -0.591. The lowest BCUT2D eigenvalue weighted by Crippen LogP contribution is -2.48. The Labute approximate surface area is 190 Å². The minimum absolute atomic E-state index is 0.000107. The van der Waals surface area contributed by atoms with Crippen LogP contribution in [0.25, 0.3) is 0 Å². The average molecular weight is 436 g/mol. The number of nitrogens with one attached hydrogen (secondary N) is 2. The summed E-state index contributed by atoms with van der Waals surface area (Å²) in [6.07, 6.45) is 6.22. The van der Waals surface area contributed by atoms with E-state index in [2.05, 4.69) is 10.6 Å². The van der Waals surface area contributed by atoms with E-state index in [1.165, 1.54) is 6.42 Å². The molecule has 0 aliphatic heterocycles. The van der Waals surface area contributed by atoms with E-state index >= 15 is 0 Å². The highest BCUT2D eigenvalue weighted by atomic mass is 16.2. The van der Waals surface area contributed by atoms with Crippen molar-refractivity contribution >= 4 is 23.4 Å². The predicted molar refractivity (Wildman–Crippen MR) is 126 cm³/mol. The average Bonchev–Trinajstić information content (AvgIpc) is 2.81. The molecule has 0 aromatic heterocycles. The molecule has 0 heterocycles. The van der Waals surface area contributed by atoms with Crippen molar-refractivity contribution < 1.29 is 14.4 Å². The maximum atomic E-state index is 13.0. The van der Waals surface area contributed by atoms with E-state index in [1.54, 1.807) is 4.90 Å². The van der Waals surface area contributed by atoms with Gasteiger partial charge in [0, 0.05) is 18.2 Å². The van der Waals surface area contributed by atoms with E-state index in [9.17, 15) is 14.4 Å². The minimum Gasteiger partial charge on any atom is -0.345 e. The molecule has 0 spiro atoms. The van der Waals surface area contributed by atoms with Crippen LogP contribution in [0.2, 0.25) is 0 Å². The second kappa shape index (κ2) is 12.0. The van der Waals surface area contributed by atoms with Gasteiger partial charge in [-0.3, -0.25) is 14.4 Å². The zero-order valence-corrected chi connectivity index (χ0v) is 18.8. The Bertz CT molecular complexity index is 908. The van der Waals surface area contributed by atoms with Crippen LogP contribution < -0.4 is 10.6 Å². The van der Waals surface area contributed by atoms with Crippen molar-refractivity contribution in [3.05, 3.63) is 65.7 Å². The number of carbonyl (C=O) groups excluding carboxylic acids is 3. The van der Waals surface area contributed by atoms with Crippen molar-refractivity contribution in [3.63, 3.8) is 0 Å². The van der Waals surface area contributed by atoms with E-state index in [1.807, 2.05) is 61.5 Å². The third-order valence-electron chi connectivity index (χ3n) is 5.87. The van der Waals surface area contributed by atoms with Crippen LogP contribution in [0.15, 0.2) is 54.6 Å². The maximum absolute atomic E-state index is 13.0. The third-order valence-corrected chi connectivity index (χ3v) is 5.87. The number of amides is 3. The summed E-state index contributed by atoms with van der Waals surface area (Å²) >= 11 is 0. The van der Waals surface area contributed by atoms with Gasteiger partial charge in [0.2, 0.25) is 17.7 Å². The molecule has 170 valence electrons. The zero-order chi connectivity index (χ0) is 22.8. The highest BCUT2D eigenvalue weighted by Crippen LogP contribution is 2.23. The molecule has 0 saturated heterocycles. The Hall–Kier alpha value is -3.15. The molecule has 0 bridgehead atoms. The number of anilines is 1. The number of aryl methyl sites for hydroxylation is 2. The molecular formula is C26H33N3O3. The summed E-state index contributed by atoms with van der Waals surface area (Å²) in [5.41, 5.74) is 2.86. The van der Waals surface area contributed by atoms with Gasteiger partial charge in [0.25, 0.3) is 0 Å². The van der Waals surface area contributed by atoms with Gasteiger partial charge >= 0.3 is 0 Å². The van der Waals surface area contributed by atoms with Crippen molar-refractivity contribution in [1.82, 2.24) is 10.2 Å². The lowest BCUT2D eigenvalue weighted by molar-refractivity contribution is -0.139. The van der Waals surface area contributed by atoms with Crippen molar-refractivity contribution in [1.29, 1.82) is 0 Å². The topological polar surface area (TPSA) is 78.5 Å². The van der Waals surface area contributed by atoms with Crippen molar-refractivity contribution in [2.24, 2.45) is 0 Å². The van der Waals surface area contributed by atoms with Gasteiger partial charge in [-0.05, 0) is 49.4 Å². The lowest BCUT2D eigenvalue weighted by Gasteiger charge is -2.34. The number of hydrogen-bond donors (Lipinski definition) is 2. The van der Waals surface area contributed by atoms with Gasteiger partial charge in [-0.1, -0.05) is 61.7 Å². The number of carbonyl (C=O) groups is 3. The van der Waals surface area contributed by atoms with Crippen LogP contribution in [0.4, 0.5) is 5.69 Å². The molecule has 1 aliphatic carbocycles. The molecule has 2 aromatic rings. The van der Waals surface area contributed by atoms with Gasteiger partial charge in [-0.25, -0.2) is 0 Å². The second-order valence-electron chi connectivity index (χ2n) is 8.49. The van der Waals surface area contributed by atoms with Gasteiger partial charge in [0.1, 0.15) is 0 Å². The molecule has 2 aromatic carbocycles. The summed E-state index contributed by atoms with van der Waals surface area (Å²) in [5, 5.41) is 5.45. The van der Waals surface area contributed by atoms with E-state index in [0.29, 0.717) is 18.5 Å². The molecule has 0 unspecified atom stereocenters.